The molecule has 0 N–H and O–H groups in total. The summed E-state index contributed by atoms with van der Waals surface area (Å²) in [6.07, 6.45) is 11.8. The topological polar surface area (TPSA) is 9.23 Å². The highest BCUT2D eigenvalue weighted by atomic mass is 35.5. The van der Waals surface area contributed by atoms with Crippen molar-refractivity contribution in [3.63, 3.8) is 0 Å². The highest BCUT2D eigenvalue weighted by Gasteiger charge is 2.30. The largest absolute Gasteiger partial charge is 0.491 e. The molecule has 2 fully saturated rings. The van der Waals surface area contributed by atoms with Gasteiger partial charge in [-0.05, 0) is 74.3 Å². The van der Waals surface area contributed by atoms with E-state index in [4.69, 9.17) is 16.3 Å². The predicted octanol–water partition coefficient (Wildman–Crippen LogP) is 7.37. The van der Waals surface area contributed by atoms with Gasteiger partial charge >= 0.3 is 0 Å². The smallest absolute Gasteiger partial charge is 0.183 e. The minimum atomic E-state index is -0.386. The first-order valence-electron chi connectivity index (χ1n) is 10.2. The van der Waals surface area contributed by atoms with Crippen LogP contribution in [0.2, 0.25) is 5.02 Å². The van der Waals surface area contributed by atoms with Gasteiger partial charge in [0.1, 0.15) is 0 Å². The van der Waals surface area contributed by atoms with E-state index in [9.17, 15) is 4.39 Å². The standard InChI is InChI=1S/C22H32ClFO/c1-3-25-20-14-13-19(21(23)22(20)24)18-6-4-5-16(11-12-18)17-9-7-15(2)8-10-17/h13-18H,3-12H2,1-2H3. The molecule has 0 saturated heterocycles. The molecule has 0 aliphatic heterocycles. The van der Waals surface area contributed by atoms with Crippen molar-refractivity contribution < 1.29 is 9.13 Å². The van der Waals surface area contributed by atoms with Crippen molar-refractivity contribution in [2.45, 2.75) is 77.6 Å². The minimum Gasteiger partial charge on any atom is -0.491 e. The molecule has 1 nitrogen and oxygen atoms in total. The number of hydrogen-bond acceptors (Lipinski definition) is 1. The Morgan fingerprint density at radius 2 is 1.68 bits per heavy atom. The molecule has 2 aliphatic rings. The van der Waals surface area contributed by atoms with E-state index in [1.54, 1.807) is 6.07 Å². The monoisotopic (exact) mass is 366 g/mol. The van der Waals surface area contributed by atoms with Crippen molar-refractivity contribution in [2.24, 2.45) is 17.8 Å². The van der Waals surface area contributed by atoms with Crippen LogP contribution in [0.5, 0.6) is 5.75 Å². The van der Waals surface area contributed by atoms with Crippen LogP contribution in [0.4, 0.5) is 4.39 Å². The average molecular weight is 367 g/mol. The molecule has 140 valence electrons. The Hall–Kier alpha value is -0.760. The zero-order chi connectivity index (χ0) is 17.8. The summed E-state index contributed by atoms with van der Waals surface area (Å²) in [5, 5.41) is 0.279. The molecule has 0 radical (unpaired) electrons. The van der Waals surface area contributed by atoms with E-state index < -0.39 is 0 Å². The molecule has 2 unspecified atom stereocenters. The van der Waals surface area contributed by atoms with Gasteiger partial charge in [0, 0.05) is 0 Å². The summed E-state index contributed by atoms with van der Waals surface area (Å²) in [5.74, 6) is 2.99. The third-order valence-electron chi connectivity index (χ3n) is 6.56. The van der Waals surface area contributed by atoms with Gasteiger partial charge in [-0.1, -0.05) is 50.3 Å². The second-order valence-corrected chi connectivity index (χ2v) is 8.58. The van der Waals surface area contributed by atoms with E-state index in [0.29, 0.717) is 12.5 Å². The highest BCUT2D eigenvalue weighted by molar-refractivity contribution is 6.31. The lowest BCUT2D eigenvalue weighted by molar-refractivity contribution is 0.196. The lowest BCUT2D eigenvalue weighted by Gasteiger charge is -2.32. The SMILES string of the molecule is CCOc1ccc(C2CCCC(C3CCC(C)CC3)CC2)c(Cl)c1F. The van der Waals surface area contributed by atoms with Crippen LogP contribution in [-0.2, 0) is 0 Å². The van der Waals surface area contributed by atoms with Gasteiger partial charge in [-0.2, -0.15) is 0 Å². The van der Waals surface area contributed by atoms with Crippen LogP contribution in [0.25, 0.3) is 0 Å². The second-order valence-electron chi connectivity index (χ2n) is 8.20. The summed E-state index contributed by atoms with van der Waals surface area (Å²) in [6.45, 7) is 4.71. The Morgan fingerprint density at radius 1 is 1.00 bits per heavy atom. The number of benzene rings is 1. The lowest BCUT2D eigenvalue weighted by Crippen LogP contribution is -2.20. The number of rotatable bonds is 4. The van der Waals surface area contributed by atoms with Crippen LogP contribution in [0.3, 0.4) is 0 Å². The van der Waals surface area contributed by atoms with Gasteiger partial charge in [0.15, 0.2) is 11.6 Å². The fourth-order valence-corrected chi connectivity index (χ4v) is 5.31. The molecule has 0 amide bonds. The molecule has 25 heavy (non-hydrogen) atoms. The van der Waals surface area contributed by atoms with Crippen LogP contribution in [0.1, 0.15) is 83.1 Å². The fourth-order valence-electron chi connectivity index (χ4n) is 5.00. The van der Waals surface area contributed by atoms with Crippen molar-refractivity contribution in [2.75, 3.05) is 6.61 Å². The molecule has 0 bridgehead atoms. The molecular formula is C22H32ClFO. The van der Waals surface area contributed by atoms with Crippen LogP contribution in [0, 0.1) is 23.6 Å². The molecule has 2 atom stereocenters. The van der Waals surface area contributed by atoms with Crippen molar-refractivity contribution in [1.82, 2.24) is 0 Å². The molecule has 0 spiro atoms. The maximum Gasteiger partial charge on any atom is 0.183 e. The maximum atomic E-state index is 14.5. The van der Waals surface area contributed by atoms with Gasteiger partial charge < -0.3 is 4.74 Å². The molecule has 2 aliphatic carbocycles. The minimum absolute atomic E-state index is 0.277. The summed E-state index contributed by atoms with van der Waals surface area (Å²) in [4.78, 5) is 0. The van der Waals surface area contributed by atoms with Crippen LogP contribution < -0.4 is 4.74 Å². The van der Waals surface area contributed by atoms with E-state index in [0.717, 1.165) is 36.2 Å². The van der Waals surface area contributed by atoms with Crippen molar-refractivity contribution in [3.05, 3.63) is 28.5 Å². The van der Waals surface area contributed by atoms with Gasteiger partial charge in [-0.15, -0.1) is 0 Å². The summed E-state index contributed by atoms with van der Waals surface area (Å²) in [5.41, 5.74) is 0.987. The maximum absolute atomic E-state index is 14.5. The number of halogens is 2. The Bertz CT molecular complexity index is 565. The molecule has 1 aromatic carbocycles. The summed E-state index contributed by atoms with van der Waals surface area (Å²) in [6, 6.07) is 3.74. The number of ether oxygens (including phenoxy) is 1. The summed E-state index contributed by atoms with van der Waals surface area (Å²) >= 11 is 6.37. The zero-order valence-corrected chi connectivity index (χ0v) is 16.5. The highest BCUT2D eigenvalue weighted by Crippen LogP contribution is 2.44. The Morgan fingerprint density at radius 3 is 2.40 bits per heavy atom. The normalized spacial score (nSPS) is 30.7. The van der Waals surface area contributed by atoms with Crippen LogP contribution in [0.15, 0.2) is 12.1 Å². The Balaban J connectivity index is 1.66. The molecule has 2 saturated carbocycles. The van der Waals surface area contributed by atoms with Crippen molar-refractivity contribution in [3.8, 4) is 5.75 Å². The molecule has 0 heterocycles. The van der Waals surface area contributed by atoms with Crippen LogP contribution in [-0.4, -0.2) is 6.61 Å². The van der Waals surface area contributed by atoms with Gasteiger partial charge in [-0.25, -0.2) is 4.39 Å². The van der Waals surface area contributed by atoms with Gasteiger partial charge in [0.25, 0.3) is 0 Å². The van der Waals surface area contributed by atoms with E-state index >= 15 is 0 Å². The van der Waals surface area contributed by atoms with E-state index in [2.05, 4.69) is 6.92 Å². The Kier molecular flexibility index (Phi) is 6.66. The van der Waals surface area contributed by atoms with E-state index in [-0.39, 0.29) is 16.6 Å². The lowest BCUT2D eigenvalue weighted by atomic mass is 9.74. The first kappa shape index (κ1) is 19.0. The third-order valence-corrected chi connectivity index (χ3v) is 6.94. The molecule has 3 heteroatoms. The summed E-state index contributed by atoms with van der Waals surface area (Å²) < 4.78 is 19.8. The van der Waals surface area contributed by atoms with Crippen molar-refractivity contribution >= 4 is 11.6 Å². The predicted molar refractivity (Wildman–Crippen MR) is 103 cm³/mol. The van der Waals surface area contributed by atoms with Crippen molar-refractivity contribution in [1.29, 1.82) is 0 Å². The van der Waals surface area contributed by atoms with Crippen LogP contribution >= 0.6 is 11.6 Å². The summed E-state index contributed by atoms with van der Waals surface area (Å²) in [7, 11) is 0. The average Bonchev–Trinajstić information content (AvgIpc) is 2.86. The third kappa shape index (κ3) is 4.51. The second kappa shape index (κ2) is 8.75. The first-order chi connectivity index (χ1) is 12.1. The van der Waals surface area contributed by atoms with E-state index in [1.165, 1.54) is 44.9 Å². The number of hydrogen-bond donors (Lipinski definition) is 0. The van der Waals surface area contributed by atoms with Gasteiger partial charge in [0.2, 0.25) is 0 Å². The molecule has 1 aromatic rings. The fraction of sp³-hybridized carbons (Fsp3) is 0.727. The molecule has 0 aromatic heterocycles. The van der Waals surface area contributed by atoms with Gasteiger partial charge in [-0.3, -0.25) is 0 Å². The van der Waals surface area contributed by atoms with Gasteiger partial charge in [0.05, 0.1) is 11.6 Å². The zero-order valence-electron chi connectivity index (χ0n) is 15.7. The van der Waals surface area contributed by atoms with E-state index in [1.807, 2.05) is 13.0 Å². The molecular weight excluding hydrogens is 335 g/mol. The Labute approximate surface area is 157 Å². The molecule has 3 rings (SSSR count). The quantitative estimate of drug-likeness (QED) is 0.505. The first-order valence-corrected chi connectivity index (χ1v) is 10.6.